The SMILES string of the molecule is Cc1c(N)cccc1S(=O)(=O)Nc1ccc(C#N)c(Cl)c1. The molecule has 0 aliphatic rings. The van der Waals surface area contributed by atoms with Crippen LogP contribution in [-0.2, 0) is 10.0 Å². The fourth-order valence-corrected chi connectivity index (χ4v) is 3.35. The van der Waals surface area contributed by atoms with Gasteiger partial charge in [0, 0.05) is 5.69 Å². The van der Waals surface area contributed by atoms with Crippen LogP contribution in [0.25, 0.3) is 0 Å². The summed E-state index contributed by atoms with van der Waals surface area (Å²) in [7, 11) is -3.77. The van der Waals surface area contributed by atoms with Gasteiger partial charge in [-0.15, -0.1) is 0 Å². The van der Waals surface area contributed by atoms with Crippen molar-refractivity contribution >= 4 is 33.0 Å². The van der Waals surface area contributed by atoms with Crippen molar-refractivity contribution in [3.05, 3.63) is 52.5 Å². The smallest absolute Gasteiger partial charge is 0.262 e. The van der Waals surface area contributed by atoms with Crippen molar-refractivity contribution in [3.8, 4) is 6.07 Å². The molecule has 0 aliphatic carbocycles. The van der Waals surface area contributed by atoms with Gasteiger partial charge in [-0.25, -0.2) is 8.42 Å². The normalized spacial score (nSPS) is 10.9. The third-order valence-electron chi connectivity index (χ3n) is 2.96. The van der Waals surface area contributed by atoms with Crippen molar-refractivity contribution < 1.29 is 8.42 Å². The third kappa shape index (κ3) is 3.10. The van der Waals surface area contributed by atoms with Crippen molar-refractivity contribution in [1.82, 2.24) is 0 Å². The monoisotopic (exact) mass is 321 g/mol. The lowest BCUT2D eigenvalue weighted by Gasteiger charge is -2.12. The molecule has 0 heterocycles. The molecule has 108 valence electrons. The fraction of sp³-hybridized carbons (Fsp3) is 0.0714. The molecule has 2 rings (SSSR count). The van der Waals surface area contributed by atoms with Gasteiger partial charge in [0.05, 0.1) is 21.2 Å². The van der Waals surface area contributed by atoms with E-state index >= 15 is 0 Å². The van der Waals surface area contributed by atoms with E-state index in [9.17, 15) is 8.42 Å². The van der Waals surface area contributed by atoms with Crippen LogP contribution in [0.1, 0.15) is 11.1 Å². The van der Waals surface area contributed by atoms with Crippen molar-refractivity contribution in [2.45, 2.75) is 11.8 Å². The number of halogens is 1. The third-order valence-corrected chi connectivity index (χ3v) is 4.80. The maximum Gasteiger partial charge on any atom is 0.262 e. The van der Waals surface area contributed by atoms with E-state index in [1.807, 2.05) is 6.07 Å². The first kappa shape index (κ1) is 15.2. The van der Waals surface area contributed by atoms with Crippen LogP contribution in [0, 0.1) is 18.3 Å². The Hall–Kier alpha value is -2.23. The minimum atomic E-state index is -3.77. The first-order valence-electron chi connectivity index (χ1n) is 5.92. The Bertz CT molecular complexity index is 842. The molecule has 0 bridgehead atoms. The van der Waals surface area contributed by atoms with Crippen molar-refractivity contribution in [2.75, 3.05) is 10.5 Å². The number of hydrogen-bond donors (Lipinski definition) is 2. The minimum absolute atomic E-state index is 0.1000. The van der Waals surface area contributed by atoms with Crippen LogP contribution in [0.5, 0.6) is 0 Å². The average molecular weight is 322 g/mol. The second-order valence-electron chi connectivity index (χ2n) is 4.38. The van der Waals surface area contributed by atoms with Crippen molar-refractivity contribution in [1.29, 1.82) is 5.26 Å². The summed E-state index contributed by atoms with van der Waals surface area (Å²) in [6.07, 6.45) is 0. The van der Waals surface area contributed by atoms with Crippen LogP contribution in [0.15, 0.2) is 41.3 Å². The number of nitrogens with one attached hydrogen (secondary N) is 1. The zero-order valence-corrected chi connectivity index (χ0v) is 12.7. The molecule has 7 heteroatoms. The average Bonchev–Trinajstić information content (AvgIpc) is 2.41. The predicted molar refractivity (Wildman–Crippen MR) is 82.6 cm³/mol. The summed E-state index contributed by atoms with van der Waals surface area (Å²) in [5, 5.41) is 8.98. The number of anilines is 2. The zero-order chi connectivity index (χ0) is 15.6. The van der Waals surface area contributed by atoms with Crippen LogP contribution < -0.4 is 10.5 Å². The molecule has 21 heavy (non-hydrogen) atoms. The largest absolute Gasteiger partial charge is 0.398 e. The summed E-state index contributed by atoms with van der Waals surface area (Å²) < 4.78 is 27.1. The summed E-state index contributed by atoms with van der Waals surface area (Å²) in [4.78, 5) is 0.1000. The number of nitriles is 1. The van der Waals surface area contributed by atoms with Crippen LogP contribution in [0.4, 0.5) is 11.4 Å². The van der Waals surface area contributed by atoms with Crippen LogP contribution in [0.3, 0.4) is 0 Å². The lowest BCUT2D eigenvalue weighted by Crippen LogP contribution is -2.15. The first-order chi connectivity index (χ1) is 9.85. The minimum Gasteiger partial charge on any atom is -0.398 e. The molecule has 0 fully saturated rings. The Morgan fingerprint density at radius 3 is 2.62 bits per heavy atom. The Morgan fingerprint density at radius 1 is 1.29 bits per heavy atom. The van der Waals surface area contributed by atoms with E-state index in [2.05, 4.69) is 4.72 Å². The van der Waals surface area contributed by atoms with Gasteiger partial charge in [0.1, 0.15) is 6.07 Å². The van der Waals surface area contributed by atoms with Crippen LogP contribution >= 0.6 is 11.6 Å². The number of sulfonamides is 1. The molecule has 0 aromatic heterocycles. The lowest BCUT2D eigenvalue weighted by atomic mass is 10.2. The van der Waals surface area contributed by atoms with E-state index < -0.39 is 10.0 Å². The number of nitrogens with two attached hydrogens (primary N) is 1. The molecule has 2 aromatic carbocycles. The van der Waals surface area contributed by atoms with Gasteiger partial charge in [-0.2, -0.15) is 5.26 Å². The standard InChI is InChI=1S/C14H12ClN3O2S/c1-9-13(17)3-2-4-14(9)21(19,20)18-11-6-5-10(8-16)12(15)7-11/h2-7,18H,17H2,1H3. The Labute approximate surface area is 128 Å². The quantitative estimate of drug-likeness (QED) is 0.849. The number of rotatable bonds is 3. The van der Waals surface area contributed by atoms with Gasteiger partial charge in [-0.3, -0.25) is 4.72 Å². The molecule has 0 spiro atoms. The van der Waals surface area contributed by atoms with Gasteiger partial charge >= 0.3 is 0 Å². The van der Waals surface area contributed by atoms with Gasteiger partial charge in [0.15, 0.2) is 0 Å². The molecule has 0 amide bonds. The number of nitrogen functional groups attached to an aromatic ring is 1. The van der Waals surface area contributed by atoms with Gasteiger partial charge in [-0.1, -0.05) is 17.7 Å². The lowest BCUT2D eigenvalue weighted by molar-refractivity contribution is 0.600. The maximum absolute atomic E-state index is 12.4. The fourth-order valence-electron chi connectivity index (χ4n) is 1.80. The molecule has 3 N–H and O–H groups in total. The van der Waals surface area contributed by atoms with Crippen molar-refractivity contribution in [2.24, 2.45) is 0 Å². The van der Waals surface area contributed by atoms with E-state index in [1.54, 1.807) is 19.1 Å². The van der Waals surface area contributed by atoms with E-state index in [0.717, 1.165) is 0 Å². The molecule has 0 atom stereocenters. The second kappa shape index (κ2) is 5.64. The molecule has 5 nitrogen and oxygen atoms in total. The molecule has 0 unspecified atom stereocenters. The van der Waals surface area contributed by atoms with E-state index in [4.69, 9.17) is 22.6 Å². The van der Waals surface area contributed by atoms with Gasteiger partial charge < -0.3 is 5.73 Å². The predicted octanol–water partition coefficient (Wildman–Crippen LogP) is 2.90. The van der Waals surface area contributed by atoms with Crippen LogP contribution in [0.2, 0.25) is 5.02 Å². The summed E-state index contributed by atoms with van der Waals surface area (Å²) in [5.74, 6) is 0. The molecule has 0 saturated heterocycles. The van der Waals surface area contributed by atoms with E-state index in [1.165, 1.54) is 24.3 Å². The second-order valence-corrected chi connectivity index (χ2v) is 6.44. The summed E-state index contributed by atoms with van der Waals surface area (Å²) >= 11 is 5.88. The highest BCUT2D eigenvalue weighted by atomic mass is 35.5. The van der Waals surface area contributed by atoms with Crippen molar-refractivity contribution in [3.63, 3.8) is 0 Å². The van der Waals surface area contributed by atoms with E-state index in [-0.39, 0.29) is 21.2 Å². The highest BCUT2D eigenvalue weighted by Gasteiger charge is 2.18. The summed E-state index contributed by atoms with van der Waals surface area (Å²) in [6.45, 7) is 1.63. The number of nitrogens with zero attached hydrogens (tertiary/aromatic N) is 1. The molecule has 0 saturated carbocycles. The van der Waals surface area contributed by atoms with Gasteiger partial charge in [-0.05, 0) is 42.8 Å². The highest BCUT2D eigenvalue weighted by molar-refractivity contribution is 7.92. The molecular weight excluding hydrogens is 310 g/mol. The number of hydrogen-bond acceptors (Lipinski definition) is 4. The zero-order valence-electron chi connectivity index (χ0n) is 11.1. The Morgan fingerprint density at radius 2 is 2.00 bits per heavy atom. The number of benzene rings is 2. The molecule has 2 aromatic rings. The first-order valence-corrected chi connectivity index (χ1v) is 7.79. The summed E-state index contributed by atoms with van der Waals surface area (Å²) in [5.41, 5.74) is 7.15. The maximum atomic E-state index is 12.4. The summed E-state index contributed by atoms with van der Waals surface area (Å²) in [6, 6.07) is 10.9. The topological polar surface area (TPSA) is 96.0 Å². The highest BCUT2D eigenvalue weighted by Crippen LogP contribution is 2.25. The van der Waals surface area contributed by atoms with E-state index in [0.29, 0.717) is 11.3 Å². The Balaban J connectivity index is 2.40. The van der Waals surface area contributed by atoms with Gasteiger partial charge in [0.2, 0.25) is 0 Å². The molecule has 0 radical (unpaired) electrons. The van der Waals surface area contributed by atoms with Gasteiger partial charge in [0.25, 0.3) is 10.0 Å². The Kier molecular flexibility index (Phi) is 4.07. The van der Waals surface area contributed by atoms with Crippen LogP contribution in [-0.4, -0.2) is 8.42 Å². The molecule has 0 aliphatic heterocycles. The molecular formula is C14H12ClN3O2S.